The number of anilines is 2. The highest BCUT2D eigenvalue weighted by Gasteiger charge is 2.28. The van der Waals surface area contributed by atoms with Crippen LogP contribution in [-0.2, 0) is 0 Å². The van der Waals surface area contributed by atoms with Crippen molar-refractivity contribution in [2.24, 2.45) is 0 Å². The van der Waals surface area contributed by atoms with Crippen molar-refractivity contribution in [3.05, 3.63) is 47.2 Å². The van der Waals surface area contributed by atoms with Crippen molar-refractivity contribution in [1.82, 2.24) is 0 Å². The molecule has 0 atom stereocenters. The van der Waals surface area contributed by atoms with Crippen LogP contribution in [0.4, 0.5) is 11.4 Å². The second-order valence-corrected chi connectivity index (χ2v) is 7.93. The number of phenolic OH excluding ortho intramolecular Hbond substituents is 1. The molecule has 0 saturated carbocycles. The van der Waals surface area contributed by atoms with Gasteiger partial charge in [0.15, 0.2) is 0 Å². The molecule has 0 saturated heterocycles. The van der Waals surface area contributed by atoms with Crippen LogP contribution in [0.15, 0.2) is 36.1 Å². The van der Waals surface area contributed by atoms with Crippen molar-refractivity contribution in [2.45, 2.75) is 0 Å². The van der Waals surface area contributed by atoms with E-state index in [2.05, 4.69) is 69.0 Å². The Morgan fingerprint density at radius 2 is 1.46 bits per heavy atom. The summed E-state index contributed by atoms with van der Waals surface area (Å²) in [6.07, 6.45) is 0. The highest BCUT2D eigenvalue weighted by Crippen LogP contribution is 2.42. The number of phenols is 1. The van der Waals surface area contributed by atoms with Gasteiger partial charge in [0, 0.05) is 24.0 Å². The number of carboxylic acid groups (broad SMARTS) is 1. The average Bonchev–Trinajstić information content (AvgIpc) is 2.57. The van der Waals surface area contributed by atoms with Gasteiger partial charge in [0.25, 0.3) is 5.91 Å². The molecular formula is C14H8Br4N2O6. The van der Waals surface area contributed by atoms with E-state index in [0.29, 0.717) is 8.95 Å². The van der Waals surface area contributed by atoms with Gasteiger partial charge in [-0.25, -0.2) is 4.79 Å². The molecule has 2 aromatic carbocycles. The number of rotatable bonds is 4. The van der Waals surface area contributed by atoms with Crippen molar-refractivity contribution in [2.75, 3.05) is 10.5 Å². The maximum Gasteiger partial charge on any atom is 0.337 e. The molecule has 8 nitrogen and oxygen atoms in total. The fraction of sp³-hybridized carbons (Fsp3) is 0. The lowest BCUT2D eigenvalue weighted by Gasteiger charge is -2.16. The molecule has 0 radical (unpaired) electrons. The van der Waals surface area contributed by atoms with Gasteiger partial charge < -0.3 is 15.5 Å². The lowest BCUT2D eigenvalue weighted by Crippen LogP contribution is -2.19. The minimum absolute atomic E-state index is 0.0565. The first-order valence-corrected chi connectivity index (χ1v) is 9.65. The Morgan fingerprint density at radius 3 is 1.92 bits per heavy atom. The Bertz CT molecular complexity index is 919. The predicted octanol–water partition coefficient (Wildman–Crippen LogP) is 4.98. The van der Waals surface area contributed by atoms with E-state index in [1.165, 1.54) is 12.1 Å². The number of carbonyl (C=O) groups is 2. The second-order valence-electron chi connectivity index (χ2n) is 4.76. The lowest BCUT2D eigenvalue weighted by atomic mass is 10.1. The smallest absolute Gasteiger partial charge is 0.337 e. The molecule has 2 rings (SSSR count). The summed E-state index contributed by atoms with van der Waals surface area (Å²) in [4.78, 5) is 24.3. The van der Waals surface area contributed by atoms with Crippen LogP contribution < -0.4 is 10.5 Å². The summed E-state index contributed by atoms with van der Waals surface area (Å²) >= 11 is 12.8. The molecule has 0 heterocycles. The highest BCUT2D eigenvalue weighted by atomic mass is 79.9. The topological polar surface area (TPSA) is 130 Å². The van der Waals surface area contributed by atoms with Gasteiger partial charge in [-0.15, -0.1) is 5.23 Å². The molecule has 1 amide bonds. The zero-order valence-corrected chi connectivity index (χ0v) is 18.6. The molecule has 0 fully saturated rings. The van der Waals surface area contributed by atoms with Crippen LogP contribution in [0, 0.1) is 0 Å². The number of halogens is 4. The summed E-state index contributed by atoms with van der Waals surface area (Å²) in [5.41, 5.74) is -0.674. The van der Waals surface area contributed by atoms with Gasteiger partial charge in [0.1, 0.15) is 5.75 Å². The number of nitrogens with zero attached hydrogens (tertiary/aromatic N) is 1. The van der Waals surface area contributed by atoms with E-state index in [1.807, 2.05) is 0 Å². The van der Waals surface area contributed by atoms with Gasteiger partial charge in [-0.1, -0.05) is 0 Å². The summed E-state index contributed by atoms with van der Waals surface area (Å²) in [7, 11) is 0. The molecule has 0 bridgehead atoms. The van der Waals surface area contributed by atoms with E-state index in [1.54, 1.807) is 0 Å². The van der Waals surface area contributed by atoms with E-state index in [0.717, 1.165) is 6.07 Å². The van der Waals surface area contributed by atoms with Gasteiger partial charge in [0.05, 0.1) is 22.5 Å². The van der Waals surface area contributed by atoms with Crippen LogP contribution in [0.1, 0.15) is 20.7 Å². The summed E-state index contributed by atoms with van der Waals surface area (Å²) in [5, 5.41) is 39.4. The Hall–Kier alpha value is -1.18. The van der Waals surface area contributed by atoms with Crippen LogP contribution in [-0.4, -0.2) is 32.5 Å². The Kier molecular flexibility index (Phi) is 6.69. The third-order valence-electron chi connectivity index (χ3n) is 3.17. The first-order valence-electron chi connectivity index (χ1n) is 6.47. The third kappa shape index (κ3) is 4.05. The molecule has 0 unspecified atom stereocenters. The molecule has 138 valence electrons. The number of amides is 1. The lowest BCUT2D eigenvalue weighted by molar-refractivity contribution is 0.0290. The summed E-state index contributed by atoms with van der Waals surface area (Å²) in [6, 6.07) is 3.44. The maximum atomic E-state index is 12.7. The zero-order chi connectivity index (χ0) is 19.8. The van der Waals surface area contributed by atoms with Gasteiger partial charge >= 0.3 is 5.97 Å². The van der Waals surface area contributed by atoms with Gasteiger partial charge in [-0.05, 0) is 75.9 Å². The predicted molar refractivity (Wildman–Crippen MR) is 106 cm³/mol. The highest BCUT2D eigenvalue weighted by molar-refractivity contribution is 9.15. The van der Waals surface area contributed by atoms with Crippen LogP contribution in [0.2, 0.25) is 0 Å². The average molecular weight is 620 g/mol. The molecule has 0 aliphatic heterocycles. The third-order valence-corrected chi connectivity index (χ3v) is 7.94. The molecule has 2 aromatic rings. The molecular weight excluding hydrogens is 612 g/mol. The minimum atomic E-state index is -1.34. The molecule has 12 heteroatoms. The number of hydrogen-bond donors (Lipinski definition) is 5. The quantitative estimate of drug-likeness (QED) is 0.141. The summed E-state index contributed by atoms with van der Waals surface area (Å²) < 4.78 is 1.16. The molecule has 26 heavy (non-hydrogen) atoms. The molecule has 5 N–H and O–H groups in total. The van der Waals surface area contributed by atoms with Crippen molar-refractivity contribution in [3.8, 4) is 5.75 Å². The largest absolute Gasteiger partial charge is 0.506 e. The summed E-state index contributed by atoms with van der Waals surface area (Å²) in [5.74, 6) is -2.60. The number of benzene rings is 2. The molecule has 0 aliphatic carbocycles. The van der Waals surface area contributed by atoms with E-state index in [4.69, 9.17) is 10.4 Å². The number of hydrogen-bond acceptors (Lipinski definition) is 6. The van der Waals surface area contributed by atoms with Crippen molar-refractivity contribution in [1.29, 1.82) is 0 Å². The number of aromatic carboxylic acids is 1. The second kappa shape index (κ2) is 8.23. The number of aromatic hydroxyl groups is 1. The Morgan fingerprint density at radius 1 is 0.923 bits per heavy atom. The standard InChI is InChI=1S/C14H8Br4N2O6/c15-9-7(8(14(23)24)10(16)12(18)11(9)17)13(22)19-5-2-1-4(20(25)26)3-6(5)21/h1-3,21,25-26H,(H,19,22)(H,23,24). The summed E-state index contributed by atoms with van der Waals surface area (Å²) in [6.45, 7) is 0. The normalized spacial score (nSPS) is 10.5. The zero-order valence-electron chi connectivity index (χ0n) is 12.3. The maximum absolute atomic E-state index is 12.7. The fourth-order valence-corrected chi connectivity index (χ4v) is 4.45. The van der Waals surface area contributed by atoms with Crippen molar-refractivity contribution >= 4 is 87.0 Å². The molecule has 0 spiro atoms. The number of carboxylic acids is 1. The van der Waals surface area contributed by atoms with Crippen LogP contribution in [0.3, 0.4) is 0 Å². The van der Waals surface area contributed by atoms with E-state index in [-0.39, 0.29) is 36.7 Å². The number of nitrogens with one attached hydrogen (secondary N) is 1. The first-order chi connectivity index (χ1) is 12.1. The van der Waals surface area contributed by atoms with E-state index in [9.17, 15) is 19.8 Å². The van der Waals surface area contributed by atoms with E-state index >= 15 is 0 Å². The van der Waals surface area contributed by atoms with Crippen LogP contribution in [0.25, 0.3) is 0 Å². The first kappa shape index (κ1) is 21.1. The monoisotopic (exact) mass is 616 g/mol. The van der Waals surface area contributed by atoms with Crippen molar-refractivity contribution in [3.63, 3.8) is 0 Å². The molecule has 0 aliphatic rings. The minimum Gasteiger partial charge on any atom is -0.506 e. The van der Waals surface area contributed by atoms with Gasteiger partial charge in [0.2, 0.25) is 0 Å². The van der Waals surface area contributed by atoms with Crippen LogP contribution >= 0.6 is 63.7 Å². The van der Waals surface area contributed by atoms with Gasteiger partial charge in [-0.2, -0.15) is 0 Å². The Balaban J connectivity index is 2.53. The van der Waals surface area contributed by atoms with Crippen LogP contribution in [0.5, 0.6) is 5.75 Å². The SMILES string of the molecule is O=C(O)c1c(Br)c(Br)c(Br)c(Br)c1C(=O)Nc1ccc(N(O)O)cc1O. The fourth-order valence-electron chi connectivity index (χ4n) is 1.98. The van der Waals surface area contributed by atoms with Gasteiger partial charge in [-0.3, -0.25) is 15.2 Å². The molecule has 0 aromatic heterocycles. The Labute approximate surface area is 179 Å². The number of carbonyl (C=O) groups excluding carboxylic acids is 1. The van der Waals surface area contributed by atoms with Crippen molar-refractivity contribution < 1.29 is 30.2 Å². The van der Waals surface area contributed by atoms with E-state index < -0.39 is 17.6 Å².